The number of fused-ring (bicyclic) bond motifs is 1. The van der Waals surface area contributed by atoms with Crippen molar-refractivity contribution in [1.82, 2.24) is 24.3 Å². The minimum atomic E-state index is -0.152. The van der Waals surface area contributed by atoms with Gasteiger partial charge < -0.3 is 9.13 Å². The molecule has 1 unspecified atom stereocenters. The SMILES string of the molecule is CCn1cnnc1Cn1c(C(C)Cl)nc2ccccc21. The van der Waals surface area contributed by atoms with Gasteiger partial charge in [-0.05, 0) is 26.0 Å². The summed E-state index contributed by atoms with van der Waals surface area (Å²) in [6.07, 6.45) is 1.75. The van der Waals surface area contributed by atoms with E-state index in [2.05, 4.69) is 32.7 Å². The third-order valence-electron chi connectivity index (χ3n) is 3.38. The van der Waals surface area contributed by atoms with E-state index in [-0.39, 0.29) is 5.38 Å². The van der Waals surface area contributed by atoms with Crippen molar-refractivity contribution < 1.29 is 0 Å². The number of alkyl halides is 1. The molecule has 0 aliphatic rings. The average molecular weight is 290 g/mol. The number of aromatic nitrogens is 5. The molecule has 0 aliphatic carbocycles. The number of benzene rings is 1. The first-order chi connectivity index (χ1) is 9.70. The number of hydrogen-bond donors (Lipinski definition) is 0. The fourth-order valence-corrected chi connectivity index (χ4v) is 2.54. The van der Waals surface area contributed by atoms with E-state index in [0.717, 1.165) is 29.2 Å². The monoisotopic (exact) mass is 289 g/mol. The summed E-state index contributed by atoms with van der Waals surface area (Å²) in [5.74, 6) is 1.77. The van der Waals surface area contributed by atoms with Crippen LogP contribution in [0.1, 0.15) is 30.9 Å². The molecular weight excluding hydrogens is 274 g/mol. The van der Waals surface area contributed by atoms with Crippen molar-refractivity contribution in [3.8, 4) is 0 Å². The highest BCUT2D eigenvalue weighted by molar-refractivity contribution is 6.20. The molecule has 1 aromatic carbocycles. The number of halogens is 1. The Balaban J connectivity index is 2.12. The molecule has 0 spiro atoms. The molecule has 3 rings (SSSR count). The van der Waals surface area contributed by atoms with Gasteiger partial charge in [-0.1, -0.05) is 12.1 Å². The number of para-hydroxylation sites is 2. The van der Waals surface area contributed by atoms with Crippen LogP contribution in [0, 0.1) is 0 Å². The summed E-state index contributed by atoms with van der Waals surface area (Å²) in [7, 11) is 0. The van der Waals surface area contributed by atoms with Gasteiger partial charge in [0.25, 0.3) is 0 Å². The summed E-state index contributed by atoms with van der Waals surface area (Å²) in [5.41, 5.74) is 2.03. The van der Waals surface area contributed by atoms with Gasteiger partial charge in [0, 0.05) is 6.54 Å². The molecule has 1 atom stereocenters. The fourth-order valence-electron chi connectivity index (χ4n) is 2.37. The molecule has 0 radical (unpaired) electrons. The van der Waals surface area contributed by atoms with Crippen molar-refractivity contribution in [3.05, 3.63) is 42.2 Å². The Kier molecular flexibility index (Phi) is 3.44. The van der Waals surface area contributed by atoms with Gasteiger partial charge in [-0.2, -0.15) is 0 Å². The summed E-state index contributed by atoms with van der Waals surface area (Å²) >= 11 is 6.27. The summed E-state index contributed by atoms with van der Waals surface area (Å²) in [5, 5.41) is 8.01. The standard InChI is InChI=1S/C14H16ClN5/c1-3-19-9-16-18-13(19)8-20-12-7-5-4-6-11(12)17-14(20)10(2)15/h4-7,9-10H,3,8H2,1-2H3. The van der Waals surface area contributed by atoms with Crippen molar-refractivity contribution >= 4 is 22.6 Å². The molecule has 0 fully saturated rings. The van der Waals surface area contributed by atoms with Gasteiger partial charge in [-0.15, -0.1) is 21.8 Å². The molecule has 0 N–H and O–H groups in total. The van der Waals surface area contributed by atoms with Crippen LogP contribution in [0.15, 0.2) is 30.6 Å². The Morgan fingerprint density at radius 3 is 2.85 bits per heavy atom. The molecule has 5 nitrogen and oxygen atoms in total. The summed E-state index contributed by atoms with van der Waals surface area (Å²) < 4.78 is 4.14. The highest BCUT2D eigenvalue weighted by Crippen LogP contribution is 2.25. The van der Waals surface area contributed by atoms with Crippen LogP contribution in [0.3, 0.4) is 0 Å². The van der Waals surface area contributed by atoms with Crippen LogP contribution in [0.5, 0.6) is 0 Å². The molecule has 104 valence electrons. The van der Waals surface area contributed by atoms with Crippen molar-refractivity contribution in [2.24, 2.45) is 0 Å². The number of hydrogen-bond acceptors (Lipinski definition) is 3. The lowest BCUT2D eigenvalue weighted by molar-refractivity contribution is 0.639. The average Bonchev–Trinajstić information content (AvgIpc) is 3.04. The van der Waals surface area contributed by atoms with Gasteiger partial charge in [-0.3, -0.25) is 0 Å². The molecular formula is C14H16ClN5. The molecule has 2 heterocycles. The van der Waals surface area contributed by atoms with E-state index in [1.807, 2.05) is 29.7 Å². The smallest absolute Gasteiger partial charge is 0.152 e. The van der Waals surface area contributed by atoms with E-state index < -0.39 is 0 Å². The molecule has 0 bridgehead atoms. The van der Waals surface area contributed by atoms with Crippen LogP contribution in [0.2, 0.25) is 0 Å². The largest absolute Gasteiger partial charge is 0.319 e. The van der Waals surface area contributed by atoms with Gasteiger partial charge in [-0.25, -0.2) is 4.98 Å². The summed E-state index contributed by atoms with van der Waals surface area (Å²) in [4.78, 5) is 4.62. The van der Waals surface area contributed by atoms with Gasteiger partial charge >= 0.3 is 0 Å². The van der Waals surface area contributed by atoms with Crippen molar-refractivity contribution in [1.29, 1.82) is 0 Å². The molecule has 0 saturated heterocycles. The maximum atomic E-state index is 6.27. The molecule has 0 saturated carbocycles. The number of aryl methyl sites for hydroxylation is 1. The lowest BCUT2D eigenvalue weighted by Gasteiger charge is -2.10. The third-order valence-corrected chi connectivity index (χ3v) is 3.57. The van der Waals surface area contributed by atoms with Crippen LogP contribution in [0.25, 0.3) is 11.0 Å². The first-order valence-electron chi connectivity index (χ1n) is 6.66. The normalized spacial score (nSPS) is 12.9. The van der Waals surface area contributed by atoms with Crippen LogP contribution in [-0.2, 0) is 13.1 Å². The van der Waals surface area contributed by atoms with Crippen LogP contribution in [0.4, 0.5) is 0 Å². The van der Waals surface area contributed by atoms with E-state index in [4.69, 9.17) is 11.6 Å². The second kappa shape index (κ2) is 5.25. The molecule has 2 aromatic heterocycles. The Morgan fingerprint density at radius 2 is 2.10 bits per heavy atom. The Labute approximate surface area is 122 Å². The molecule has 0 aliphatic heterocycles. The van der Waals surface area contributed by atoms with Crippen molar-refractivity contribution in [3.63, 3.8) is 0 Å². The van der Waals surface area contributed by atoms with E-state index in [1.165, 1.54) is 0 Å². The number of nitrogens with zero attached hydrogens (tertiary/aromatic N) is 5. The van der Waals surface area contributed by atoms with Gasteiger partial charge in [0.15, 0.2) is 5.82 Å². The zero-order valence-corrected chi connectivity index (χ0v) is 12.2. The van der Waals surface area contributed by atoms with E-state index in [1.54, 1.807) is 6.33 Å². The van der Waals surface area contributed by atoms with Crippen LogP contribution >= 0.6 is 11.6 Å². The number of imidazole rings is 1. The zero-order chi connectivity index (χ0) is 14.1. The zero-order valence-electron chi connectivity index (χ0n) is 11.5. The number of rotatable bonds is 4. The second-order valence-electron chi connectivity index (χ2n) is 4.69. The lowest BCUT2D eigenvalue weighted by atomic mass is 10.3. The van der Waals surface area contributed by atoms with Crippen molar-refractivity contribution in [2.75, 3.05) is 0 Å². The van der Waals surface area contributed by atoms with Crippen LogP contribution < -0.4 is 0 Å². The second-order valence-corrected chi connectivity index (χ2v) is 5.35. The predicted molar refractivity (Wildman–Crippen MR) is 78.8 cm³/mol. The first-order valence-corrected chi connectivity index (χ1v) is 7.10. The lowest BCUT2D eigenvalue weighted by Crippen LogP contribution is -2.10. The minimum Gasteiger partial charge on any atom is -0.319 e. The first kappa shape index (κ1) is 13.1. The maximum absolute atomic E-state index is 6.27. The van der Waals surface area contributed by atoms with Gasteiger partial charge in [0.05, 0.1) is 23.0 Å². The van der Waals surface area contributed by atoms with Crippen LogP contribution in [-0.4, -0.2) is 24.3 Å². The van der Waals surface area contributed by atoms with Gasteiger partial charge in [0.1, 0.15) is 12.2 Å². The molecule has 0 amide bonds. The Morgan fingerprint density at radius 1 is 1.30 bits per heavy atom. The summed E-state index contributed by atoms with van der Waals surface area (Å²) in [6.45, 7) is 5.48. The maximum Gasteiger partial charge on any atom is 0.152 e. The quantitative estimate of drug-likeness (QED) is 0.694. The highest BCUT2D eigenvalue weighted by atomic mass is 35.5. The summed E-state index contributed by atoms with van der Waals surface area (Å²) in [6, 6.07) is 8.04. The fraction of sp³-hybridized carbons (Fsp3) is 0.357. The highest BCUT2D eigenvalue weighted by Gasteiger charge is 2.16. The molecule has 20 heavy (non-hydrogen) atoms. The Bertz CT molecular complexity index is 728. The van der Waals surface area contributed by atoms with E-state index >= 15 is 0 Å². The van der Waals surface area contributed by atoms with E-state index in [0.29, 0.717) is 6.54 Å². The van der Waals surface area contributed by atoms with Crippen molar-refractivity contribution in [2.45, 2.75) is 32.3 Å². The van der Waals surface area contributed by atoms with Gasteiger partial charge in [0.2, 0.25) is 0 Å². The van der Waals surface area contributed by atoms with E-state index in [9.17, 15) is 0 Å². The minimum absolute atomic E-state index is 0.152. The molecule has 6 heteroatoms. The Hall–Kier alpha value is -1.88. The third kappa shape index (κ3) is 2.18. The molecule has 3 aromatic rings. The predicted octanol–water partition coefficient (Wildman–Crippen LogP) is 3.00. The topological polar surface area (TPSA) is 48.5 Å².